The zero-order valence-electron chi connectivity index (χ0n) is 32.1. The Morgan fingerprint density at radius 1 is 0.356 bits per heavy atom. The summed E-state index contributed by atoms with van der Waals surface area (Å²) in [6.07, 6.45) is 0. The van der Waals surface area contributed by atoms with Crippen LogP contribution >= 0.6 is 11.3 Å². The second kappa shape index (κ2) is 13.6. The quantitative estimate of drug-likeness (QED) is 0.164. The minimum absolute atomic E-state index is 1.10. The van der Waals surface area contributed by atoms with E-state index in [-0.39, 0.29) is 0 Å². The molecular formula is C56H36N2S. The van der Waals surface area contributed by atoms with E-state index in [1.807, 2.05) is 11.3 Å². The zero-order chi connectivity index (χ0) is 38.9. The Morgan fingerprint density at radius 3 is 1.83 bits per heavy atom. The Balaban J connectivity index is 1.16. The van der Waals surface area contributed by atoms with E-state index in [1.54, 1.807) is 0 Å². The van der Waals surface area contributed by atoms with Crippen LogP contribution in [0.4, 0.5) is 17.1 Å². The van der Waals surface area contributed by atoms with Gasteiger partial charge < -0.3 is 9.47 Å². The topological polar surface area (TPSA) is 8.17 Å². The summed E-state index contributed by atoms with van der Waals surface area (Å²) in [4.78, 5) is 2.48. The monoisotopic (exact) mass is 768 g/mol. The molecule has 59 heavy (non-hydrogen) atoms. The van der Waals surface area contributed by atoms with Crippen molar-refractivity contribution in [3.05, 3.63) is 218 Å². The van der Waals surface area contributed by atoms with Gasteiger partial charge in [-0.15, -0.1) is 11.3 Å². The summed E-state index contributed by atoms with van der Waals surface area (Å²) in [5, 5.41) is 10.1. The Bertz CT molecular complexity index is 3560. The van der Waals surface area contributed by atoms with Crippen LogP contribution in [0.5, 0.6) is 0 Å². The maximum atomic E-state index is 2.48. The summed E-state index contributed by atoms with van der Waals surface area (Å²) in [5.74, 6) is 0. The molecule has 0 fully saturated rings. The number of rotatable bonds is 6. The van der Waals surface area contributed by atoms with Gasteiger partial charge in [-0.05, 0) is 92.8 Å². The molecule has 0 saturated carbocycles. The molecule has 0 saturated heterocycles. The van der Waals surface area contributed by atoms with E-state index in [9.17, 15) is 0 Å². The fraction of sp³-hybridized carbons (Fsp3) is 0. The van der Waals surface area contributed by atoms with Gasteiger partial charge in [0.25, 0.3) is 0 Å². The number of fused-ring (bicyclic) bond motifs is 9. The van der Waals surface area contributed by atoms with E-state index in [1.165, 1.54) is 85.8 Å². The van der Waals surface area contributed by atoms with Crippen LogP contribution in [0.25, 0.3) is 91.5 Å². The Hall–Kier alpha value is -7.46. The van der Waals surface area contributed by atoms with E-state index < -0.39 is 0 Å². The van der Waals surface area contributed by atoms with Gasteiger partial charge in [0.15, 0.2) is 0 Å². The molecule has 10 aromatic carbocycles. The first-order valence-corrected chi connectivity index (χ1v) is 21.0. The molecule has 0 aliphatic rings. The predicted molar refractivity (Wildman–Crippen MR) is 254 cm³/mol. The highest BCUT2D eigenvalue weighted by atomic mass is 32.1. The van der Waals surface area contributed by atoms with Crippen LogP contribution in [0.3, 0.4) is 0 Å². The predicted octanol–water partition coefficient (Wildman–Crippen LogP) is 16.3. The number of nitrogens with zero attached hydrogens (tertiary/aromatic N) is 2. The Labute approximate surface area is 346 Å². The molecule has 0 unspecified atom stereocenters. The van der Waals surface area contributed by atoms with E-state index in [4.69, 9.17) is 0 Å². The van der Waals surface area contributed by atoms with Gasteiger partial charge in [-0.25, -0.2) is 0 Å². The van der Waals surface area contributed by atoms with Crippen molar-refractivity contribution in [2.24, 2.45) is 0 Å². The smallest absolute Gasteiger partial charge is 0.0562 e. The lowest BCUT2D eigenvalue weighted by atomic mass is 9.90. The summed E-state index contributed by atoms with van der Waals surface area (Å²) in [7, 11) is 0. The van der Waals surface area contributed by atoms with Gasteiger partial charge in [-0.1, -0.05) is 164 Å². The molecular weight excluding hydrogens is 733 g/mol. The molecule has 2 heterocycles. The van der Waals surface area contributed by atoms with Crippen molar-refractivity contribution >= 4 is 91.9 Å². The maximum Gasteiger partial charge on any atom is 0.0562 e. The first-order valence-electron chi connectivity index (χ1n) is 20.2. The van der Waals surface area contributed by atoms with Gasteiger partial charge in [-0.2, -0.15) is 0 Å². The average molecular weight is 769 g/mol. The first kappa shape index (κ1) is 33.7. The van der Waals surface area contributed by atoms with Gasteiger partial charge in [0.2, 0.25) is 0 Å². The van der Waals surface area contributed by atoms with Gasteiger partial charge in [0.1, 0.15) is 0 Å². The number of aromatic nitrogens is 1. The van der Waals surface area contributed by atoms with E-state index >= 15 is 0 Å². The molecule has 0 aliphatic carbocycles. The van der Waals surface area contributed by atoms with Crippen LogP contribution in [0, 0.1) is 0 Å². The number of benzene rings is 10. The van der Waals surface area contributed by atoms with Crippen molar-refractivity contribution in [2.45, 2.75) is 0 Å². The van der Waals surface area contributed by atoms with Gasteiger partial charge in [0, 0.05) is 53.6 Å². The summed E-state index contributed by atoms with van der Waals surface area (Å²) in [5.41, 5.74) is 11.7. The Morgan fingerprint density at radius 2 is 0.983 bits per heavy atom. The second-order valence-electron chi connectivity index (χ2n) is 15.3. The van der Waals surface area contributed by atoms with Crippen molar-refractivity contribution < 1.29 is 0 Å². The maximum absolute atomic E-state index is 2.48. The van der Waals surface area contributed by atoms with Gasteiger partial charge >= 0.3 is 0 Å². The fourth-order valence-electron chi connectivity index (χ4n) is 9.37. The lowest BCUT2D eigenvalue weighted by Crippen LogP contribution is -2.11. The molecule has 2 aromatic heterocycles. The molecule has 12 aromatic rings. The third-order valence-corrected chi connectivity index (χ3v) is 13.1. The van der Waals surface area contributed by atoms with Crippen molar-refractivity contribution in [1.29, 1.82) is 0 Å². The number of para-hydroxylation sites is 2. The summed E-state index contributed by atoms with van der Waals surface area (Å²) >= 11 is 1.86. The second-order valence-corrected chi connectivity index (χ2v) is 16.3. The minimum atomic E-state index is 1.10. The number of thiophene rings is 1. The molecule has 0 amide bonds. The highest BCUT2D eigenvalue weighted by molar-refractivity contribution is 7.25. The van der Waals surface area contributed by atoms with Crippen molar-refractivity contribution in [3.8, 4) is 27.9 Å². The Kier molecular flexibility index (Phi) is 7.75. The molecule has 276 valence electrons. The van der Waals surface area contributed by atoms with Gasteiger partial charge in [-0.3, -0.25) is 0 Å². The lowest BCUT2D eigenvalue weighted by molar-refractivity contribution is 1.18. The highest BCUT2D eigenvalue weighted by Crippen LogP contribution is 2.48. The molecule has 0 atom stereocenters. The third-order valence-electron chi connectivity index (χ3n) is 12.0. The SMILES string of the molecule is c1ccc(-c2cccc3cccc(-c4ccccc4N(c4ccc5c(c4)sc4ccccc45)c4ccc5c6c7ccccc7ccc6n(-c6ccccc6)c5c4)c23)cc1. The minimum Gasteiger partial charge on any atom is -0.310 e. The van der Waals surface area contributed by atoms with E-state index in [0.29, 0.717) is 0 Å². The third kappa shape index (κ3) is 5.40. The number of hydrogen-bond donors (Lipinski definition) is 0. The van der Waals surface area contributed by atoms with E-state index in [2.05, 4.69) is 228 Å². The molecule has 3 heteroatoms. The average Bonchev–Trinajstić information content (AvgIpc) is 3.85. The van der Waals surface area contributed by atoms with Crippen LogP contribution in [0.15, 0.2) is 218 Å². The van der Waals surface area contributed by atoms with Crippen LogP contribution < -0.4 is 4.90 Å². The lowest BCUT2D eigenvalue weighted by Gasteiger charge is -2.28. The van der Waals surface area contributed by atoms with Crippen LogP contribution in [0.2, 0.25) is 0 Å². The molecule has 0 N–H and O–H groups in total. The largest absolute Gasteiger partial charge is 0.310 e. The number of anilines is 3. The molecule has 0 aliphatic heterocycles. The molecule has 0 spiro atoms. The first-order chi connectivity index (χ1) is 29.3. The highest BCUT2D eigenvalue weighted by Gasteiger charge is 2.23. The molecule has 0 bridgehead atoms. The molecule has 12 rings (SSSR count). The molecule has 2 nitrogen and oxygen atoms in total. The summed E-state index contributed by atoms with van der Waals surface area (Å²) in [6.45, 7) is 0. The van der Waals surface area contributed by atoms with Crippen molar-refractivity contribution in [1.82, 2.24) is 4.57 Å². The van der Waals surface area contributed by atoms with Gasteiger partial charge in [0.05, 0.1) is 16.7 Å². The van der Waals surface area contributed by atoms with Crippen LogP contribution in [0.1, 0.15) is 0 Å². The van der Waals surface area contributed by atoms with Crippen LogP contribution in [-0.2, 0) is 0 Å². The van der Waals surface area contributed by atoms with Crippen LogP contribution in [-0.4, -0.2) is 4.57 Å². The normalized spacial score (nSPS) is 11.7. The summed E-state index contributed by atoms with van der Waals surface area (Å²) < 4.78 is 5.02. The number of hydrogen-bond acceptors (Lipinski definition) is 2. The van der Waals surface area contributed by atoms with Crippen molar-refractivity contribution in [2.75, 3.05) is 4.90 Å². The van der Waals surface area contributed by atoms with E-state index in [0.717, 1.165) is 22.7 Å². The standard InChI is InChI=1S/C56H36N2S/c1-3-15-37(16-4-1)43-25-13-18-39-19-14-26-48(55(39)43)45-23-9-11-27-50(45)57(42-30-32-47-46-24-10-12-28-53(46)59-54(47)36-42)41-31-33-49-52(35-41)58(40-20-5-2-6-21-40)51-34-29-38-17-7-8-22-44(38)56(49)51/h1-36H. The zero-order valence-corrected chi connectivity index (χ0v) is 32.9. The molecule has 0 radical (unpaired) electrons. The fourth-order valence-corrected chi connectivity index (χ4v) is 10.5. The van der Waals surface area contributed by atoms with Crippen molar-refractivity contribution in [3.63, 3.8) is 0 Å². The summed E-state index contributed by atoms with van der Waals surface area (Å²) in [6, 6.07) is 80.1.